The maximum Gasteiger partial charge on any atom is 0.155 e. The van der Waals surface area contributed by atoms with Crippen molar-refractivity contribution in [3.8, 4) is 0 Å². The molecule has 0 amide bonds. The lowest BCUT2D eigenvalue weighted by Crippen LogP contribution is -2.40. The number of rotatable bonds is 4. The molecule has 2 rings (SSSR count). The standard InChI is InChI=1S/C14H20ClNO2S/c1-2-16-14(11-6-8-12(15)9-7-11)13-5-3-4-10-19(13,17)18/h6-9,13-14,16H,2-5,10H2,1H3. The Bertz CT molecular complexity index is 513. The first-order chi connectivity index (χ1) is 9.04. The quantitative estimate of drug-likeness (QED) is 0.930. The van der Waals surface area contributed by atoms with E-state index in [1.807, 2.05) is 31.2 Å². The Morgan fingerprint density at radius 2 is 2.00 bits per heavy atom. The smallest absolute Gasteiger partial charge is 0.155 e. The van der Waals surface area contributed by atoms with E-state index >= 15 is 0 Å². The van der Waals surface area contributed by atoms with Crippen LogP contribution in [0.15, 0.2) is 24.3 Å². The van der Waals surface area contributed by atoms with Crippen molar-refractivity contribution in [2.75, 3.05) is 12.3 Å². The predicted molar refractivity (Wildman–Crippen MR) is 79.3 cm³/mol. The van der Waals surface area contributed by atoms with Crippen LogP contribution in [0.3, 0.4) is 0 Å². The first-order valence-electron chi connectivity index (χ1n) is 6.75. The molecule has 1 aliphatic heterocycles. The summed E-state index contributed by atoms with van der Waals surface area (Å²) in [6.07, 6.45) is 2.51. The minimum atomic E-state index is -3.00. The zero-order chi connectivity index (χ0) is 13.9. The molecular formula is C14H20ClNO2S. The van der Waals surface area contributed by atoms with Gasteiger partial charge in [0.05, 0.1) is 11.0 Å². The fraction of sp³-hybridized carbons (Fsp3) is 0.571. The lowest BCUT2D eigenvalue weighted by atomic mass is 9.99. The van der Waals surface area contributed by atoms with Gasteiger partial charge < -0.3 is 5.32 Å². The average molecular weight is 302 g/mol. The van der Waals surface area contributed by atoms with Gasteiger partial charge >= 0.3 is 0 Å². The molecule has 2 atom stereocenters. The lowest BCUT2D eigenvalue weighted by molar-refractivity contribution is 0.454. The van der Waals surface area contributed by atoms with E-state index < -0.39 is 9.84 Å². The number of hydrogen-bond donors (Lipinski definition) is 1. The molecule has 0 saturated carbocycles. The Kier molecular flexibility index (Phi) is 4.87. The van der Waals surface area contributed by atoms with E-state index in [0.29, 0.717) is 10.8 Å². The highest BCUT2D eigenvalue weighted by atomic mass is 35.5. The van der Waals surface area contributed by atoms with Crippen molar-refractivity contribution in [1.82, 2.24) is 5.32 Å². The van der Waals surface area contributed by atoms with Gasteiger partial charge in [-0.05, 0) is 37.1 Å². The molecule has 5 heteroatoms. The third-order valence-corrected chi connectivity index (χ3v) is 6.19. The summed E-state index contributed by atoms with van der Waals surface area (Å²) in [5, 5.41) is 3.68. The van der Waals surface area contributed by atoms with Crippen molar-refractivity contribution in [3.05, 3.63) is 34.9 Å². The summed E-state index contributed by atoms with van der Waals surface area (Å²) < 4.78 is 24.5. The van der Waals surface area contributed by atoms with E-state index in [0.717, 1.165) is 31.4 Å². The second-order valence-corrected chi connectivity index (χ2v) is 7.76. The molecule has 3 nitrogen and oxygen atoms in total. The number of hydrogen-bond acceptors (Lipinski definition) is 3. The SMILES string of the molecule is CCNC(c1ccc(Cl)cc1)C1CCCCS1(=O)=O. The number of benzene rings is 1. The highest BCUT2D eigenvalue weighted by Crippen LogP contribution is 2.31. The van der Waals surface area contributed by atoms with E-state index in [-0.39, 0.29) is 11.3 Å². The van der Waals surface area contributed by atoms with Crippen molar-refractivity contribution in [2.24, 2.45) is 0 Å². The van der Waals surface area contributed by atoms with Gasteiger partial charge in [0, 0.05) is 11.1 Å². The van der Waals surface area contributed by atoms with Crippen molar-refractivity contribution in [3.63, 3.8) is 0 Å². The second kappa shape index (κ2) is 6.25. The normalized spacial score (nSPS) is 24.0. The molecule has 0 radical (unpaired) electrons. The highest BCUT2D eigenvalue weighted by Gasteiger charge is 2.35. The Morgan fingerprint density at radius 1 is 1.32 bits per heavy atom. The molecule has 19 heavy (non-hydrogen) atoms. The average Bonchev–Trinajstić information content (AvgIpc) is 2.37. The van der Waals surface area contributed by atoms with E-state index in [4.69, 9.17) is 11.6 Å². The predicted octanol–water partition coefficient (Wildman–Crippen LogP) is 2.96. The third-order valence-electron chi connectivity index (χ3n) is 3.65. The maximum atomic E-state index is 12.3. The number of sulfone groups is 1. The van der Waals surface area contributed by atoms with E-state index in [1.165, 1.54) is 0 Å². The number of nitrogens with one attached hydrogen (secondary N) is 1. The fourth-order valence-electron chi connectivity index (χ4n) is 2.71. The molecule has 1 aliphatic rings. The molecule has 0 aliphatic carbocycles. The van der Waals surface area contributed by atoms with Crippen LogP contribution in [0.4, 0.5) is 0 Å². The Labute approximate surface area is 120 Å². The van der Waals surface area contributed by atoms with Crippen LogP contribution in [0.25, 0.3) is 0 Å². The summed E-state index contributed by atoms with van der Waals surface area (Å²) in [7, 11) is -3.00. The van der Waals surface area contributed by atoms with Crippen molar-refractivity contribution >= 4 is 21.4 Å². The molecular weight excluding hydrogens is 282 g/mol. The first kappa shape index (κ1) is 14.8. The van der Waals surface area contributed by atoms with E-state index in [2.05, 4.69) is 5.32 Å². The van der Waals surface area contributed by atoms with Crippen LogP contribution in [0.2, 0.25) is 5.02 Å². The minimum absolute atomic E-state index is 0.132. The molecule has 2 unspecified atom stereocenters. The second-order valence-electron chi connectivity index (χ2n) is 4.99. The molecule has 1 N–H and O–H groups in total. The van der Waals surface area contributed by atoms with Crippen LogP contribution in [-0.4, -0.2) is 26.0 Å². The van der Waals surface area contributed by atoms with Crippen molar-refractivity contribution in [2.45, 2.75) is 37.5 Å². The van der Waals surface area contributed by atoms with Gasteiger partial charge in [-0.1, -0.05) is 37.1 Å². The minimum Gasteiger partial charge on any atom is -0.309 e. The van der Waals surface area contributed by atoms with Crippen LogP contribution in [0.5, 0.6) is 0 Å². The van der Waals surface area contributed by atoms with Crippen LogP contribution < -0.4 is 5.32 Å². The van der Waals surface area contributed by atoms with E-state index in [1.54, 1.807) is 0 Å². The third kappa shape index (κ3) is 3.50. The largest absolute Gasteiger partial charge is 0.309 e. The van der Waals surface area contributed by atoms with Gasteiger partial charge in [-0.15, -0.1) is 0 Å². The summed E-state index contributed by atoms with van der Waals surface area (Å²) in [4.78, 5) is 0. The van der Waals surface area contributed by atoms with Crippen LogP contribution in [0, 0.1) is 0 Å². The van der Waals surface area contributed by atoms with Gasteiger partial charge in [0.25, 0.3) is 0 Å². The summed E-state index contributed by atoms with van der Waals surface area (Å²) in [5.74, 6) is 0.313. The van der Waals surface area contributed by atoms with Gasteiger partial charge in [-0.25, -0.2) is 8.42 Å². The van der Waals surface area contributed by atoms with Crippen LogP contribution >= 0.6 is 11.6 Å². The molecule has 0 aromatic heterocycles. The first-order valence-corrected chi connectivity index (χ1v) is 8.84. The molecule has 1 aromatic carbocycles. The monoisotopic (exact) mass is 301 g/mol. The molecule has 0 bridgehead atoms. The summed E-state index contributed by atoms with van der Waals surface area (Å²) >= 11 is 5.90. The van der Waals surface area contributed by atoms with Gasteiger partial charge in [0.2, 0.25) is 0 Å². The van der Waals surface area contributed by atoms with Gasteiger partial charge in [0.1, 0.15) is 0 Å². The molecule has 0 spiro atoms. The summed E-state index contributed by atoms with van der Waals surface area (Å²) in [5.41, 5.74) is 1.00. The Morgan fingerprint density at radius 3 is 2.58 bits per heavy atom. The zero-order valence-electron chi connectivity index (χ0n) is 11.1. The van der Waals surface area contributed by atoms with Crippen molar-refractivity contribution < 1.29 is 8.42 Å². The highest BCUT2D eigenvalue weighted by molar-refractivity contribution is 7.92. The van der Waals surface area contributed by atoms with Gasteiger partial charge in [-0.2, -0.15) is 0 Å². The Hall–Kier alpha value is -0.580. The lowest BCUT2D eigenvalue weighted by Gasteiger charge is -2.31. The Balaban J connectivity index is 2.31. The van der Waals surface area contributed by atoms with Crippen LogP contribution in [-0.2, 0) is 9.84 Å². The summed E-state index contributed by atoms with van der Waals surface area (Å²) in [6.45, 7) is 2.75. The molecule has 1 heterocycles. The zero-order valence-corrected chi connectivity index (χ0v) is 12.7. The maximum absolute atomic E-state index is 12.3. The summed E-state index contributed by atoms with van der Waals surface area (Å²) in [6, 6.07) is 7.33. The van der Waals surface area contributed by atoms with Gasteiger partial charge in [0.15, 0.2) is 9.84 Å². The van der Waals surface area contributed by atoms with Gasteiger partial charge in [-0.3, -0.25) is 0 Å². The molecule has 106 valence electrons. The molecule has 1 aromatic rings. The van der Waals surface area contributed by atoms with E-state index in [9.17, 15) is 8.42 Å². The van der Waals surface area contributed by atoms with Crippen molar-refractivity contribution in [1.29, 1.82) is 0 Å². The van der Waals surface area contributed by atoms with Crippen LogP contribution in [0.1, 0.15) is 37.8 Å². The fourth-order valence-corrected chi connectivity index (χ4v) is 4.94. The molecule has 1 fully saturated rings. The topological polar surface area (TPSA) is 46.2 Å². The molecule has 1 saturated heterocycles. The number of halogens is 1.